The van der Waals surface area contributed by atoms with Gasteiger partial charge in [-0.15, -0.1) is 0 Å². The molecule has 1 unspecified atom stereocenters. The lowest BCUT2D eigenvalue weighted by molar-refractivity contribution is -0.138. The molecule has 7 nitrogen and oxygen atoms in total. The highest BCUT2D eigenvalue weighted by Gasteiger charge is 2.40. The highest BCUT2D eigenvalue weighted by Crippen LogP contribution is 2.30. The van der Waals surface area contributed by atoms with E-state index in [0.29, 0.717) is 35.6 Å². The van der Waals surface area contributed by atoms with Crippen molar-refractivity contribution in [3.05, 3.63) is 78.1 Å². The van der Waals surface area contributed by atoms with Gasteiger partial charge in [0, 0.05) is 24.2 Å². The molecule has 192 valence electrons. The minimum absolute atomic E-state index is 0.00938. The van der Waals surface area contributed by atoms with Crippen molar-refractivity contribution in [3.63, 3.8) is 0 Å². The second-order valence-corrected chi connectivity index (χ2v) is 10.3. The summed E-state index contributed by atoms with van der Waals surface area (Å²) in [5.74, 6) is -0.961. The molecule has 3 amide bonds. The Morgan fingerprint density at radius 2 is 1.59 bits per heavy atom. The number of hydrogen-bond donors (Lipinski definition) is 3. The quantitative estimate of drug-likeness (QED) is 0.398. The van der Waals surface area contributed by atoms with E-state index in [0.717, 1.165) is 17.5 Å². The number of nitrogens with one attached hydrogen (secondary N) is 2. The average molecular weight is 503 g/mol. The van der Waals surface area contributed by atoms with E-state index in [-0.39, 0.29) is 23.5 Å². The van der Waals surface area contributed by atoms with Crippen LogP contribution in [0.1, 0.15) is 44.0 Å². The number of amides is 3. The Bertz CT molecular complexity index is 1310. The van der Waals surface area contributed by atoms with E-state index < -0.39 is 11.5 Å². The summed E-state index contributed by atoms with van der Waals surface area (Å²) in [6.07, 6.45) is 1.21. The van der Waals surface area contributed by atoms with Gasteiger partial charge in [-0.3, -0.25) is 14.4 Å². The first-order valence-electron chi connectivity index (χ1n) is 12.2. The maximum absolute atomic E-state index is 13.3. The fourth-order valence-electron chi connectivity index (χ4n) is 4.54. The van der Waals surface area contributed by atoms with Gasteiger partial charge in [0.15, 0.2) is 0 Å². The maximum Gasteiger partial charge on any atom is 0.255 e. The predicted octanol–water partition coefficient (Wildman–Crippen LogP) is 5.30. The lowest BCUT2D eigenvalue weighted by Crippen LogP contribution is -2.52. The van der Waals surface area contributed by atoms with Crippen molar-refractivity contribution < 1.29 is 18.8 Å². The molecule has 4 rings (SSSR count). The van der Waals surface area contributed by atoms with Gasteiger partial charge >= 0.3 is 0 Å². The highest BCUT2D eigenvalue weighted by molar-refractivity contribution is 6.06. The molecule has 8 heteroatoms. The van der Waals surface area contributed by atoms with E-state index in [1.807, 2.05) is 20.8 Å². The molecule has 0 spiro atoms. The largest absolute Gasteiger partial charge is 0.397 e. The molecule has 1 aliphatic heterocycles. The second kappa shape index (κ2) is 10.4. The van der Waals surface area contributed by atoms with Crippen molar-refractivity contribution in [1.29, 1.82) is 0 Å². The van der Waals surface area contributed by atoms with E-state index >= 15 is 0 Å². The van der Waals surface area contributed by atoms with Crippen molar-refractivity contribution in [1.82, 2.24) is 4.90 Å². The molecule has 3 aromatic rings. The third-order valence-corrected chi connectivity index (χ3v) is 6.38. The standard InChI is InChI=1S/C29H31FN4O3/c1-29(2,3)26(34-16-4-5-25(34)35)28(37)32-22-13-8-19(9-14-22)27(36)33-24-17-20(10-15-23(24)31)18-6-11-21(30)12-7-18/h6-15,17,26H,4-5,16,31H2,1-3H3,(H,32,37)(H,33,36). The molecule has 0 saturated carbocycles. The average Bonchev–Trinajstić information content (AvgIpc) is 3.25. The summed E-state index contributed by atoms with van der Waals surface area (Å²) in [5, 5.41) is 5.71. The zero-order valence-electron chi connectivity index (χ0n) is 21.2. The lowest BCUT2D eigenvalue weighted by Gasteiger charge is -2.36. The van der Waals surface area contributed by atoms with E-state index in [2.05, 4.69) is 10.6 Å². The summed E-state index contributed by atoms with van der Waals surface area (Å²) >= 11 is 0. The number of nitrogens with two attached hydrogens (primary N) is 1. The smallest absolute Gasteiger partial charge is 0.255 e. The van der Waals surface area contributed by atoms with Gasteiger partial charge in [0.25, 0.3) is 5.91 Å². The minimum Gasteiger partial charge on any atom is -0.397 e. The summed E-state index contributed by atoms with van der Waals surface area (Å²) in [6, 6.07) is 17.2. The van der Waals surface area contributed by atoms with Crippen LogP contribution in [0.3, 0.4) is 0 Å². The van der Waals surface area contributed by atoms with Gasteiger partial charge in [-0.1, -0.05) is 39.0 Å². The van der Waals surface area contributed by atoms with Crippen LogP contribution in [-0.4, -0.2) is 35.2 Å². The molecule has 1 saturated heterocycles. The predicted molar refractivity (Wildman–Crippen MR) is 143 cm³/mol. The van der Waals surface area contributed by atoms with Gasteiger partial charge in [-0.2, -0.15) is 0 Å². The summed E-state index contributed by atoms with van der Waals surface area (Å²) in [6.45, 7) is 6.38. The molecule has 0 bridgehead atoms. The van der Waals surface area contributed by atoms with Gasteiger partial charge in [-0.25, -0.2) is 4.39 Å². The highest BCUT2D eigenvalue weighted by atomic mass is 19.1. The molecule has 1 aliphatic rings. The number of anilines is 3. The van der Waals surface area contributed by atoms with Crippen molar-refractivity contribution in [2.24, 2.45) is 5.41 Å². The number of benzene rings is 3. The van der Waals surface area contributed by atoms with Crippen molar-refractivity contribution in [2.45, 2.75) is 39.7 Å². The Morgan fingerprint density at radius 3 is 2.19 bits per heavy atom. The summed E-state index contributed by atoms with van der Waals surface area (Å²) in [7, 11) is 0. The maximum atomic E-state index is 13.3. The number of hydrogen-bond acceptors (Lipinski definition) is 4. The second-order valence-electron chi connectivity index (χ2n) is 10.3. The monoisotopic (exact) mass is 502 g/mol. The molecule has 4 N–H and O–H groups in total. The van der Waals surface area contributed by atoms with Crippen molar-refractivity contribution >= 4 is 34.8 Å². The molecule has 0 radical (unpaired) electrons. The lowest BCUT2D eigenvalue weighted by atomic mass is 9.85. The van der Waals surface area contributed by atoms with Crippen LogP contribution in [0.2, 0.25) is 0 Å². The number of carbonyl (C=O) groups is 3. The molecular formula is C29H31FN4O3. The minimum atomic E-state index is -0.596. The number of nitrogens with zero attached hydrogens (tertiary/aromatic N) is 1. The van der Waals surface area contributed by atoms with Crippen LogP contribution in [0.4, 0.5) is 21.5 Å². The Labute approximate surface area is 215 Å². The number of likely N-dealkylation sites (tertiary alicyclic amines) is 1. The van der Waals surface area contributed by atoms with Crippen molar-refractivity contribution in [2.75, 3.05) is 22.9 Å². The molecule has 37 heavy (non-hydrogen) atoms. The zero-order chi connectivity index (χ0) is 26.7. The molecule has 1 fully saturated rings. The normalized spacial score (nSPS) is 14.4. The van der Waals surface area contributed by atoms with E-state index in [9.17, 15) is 18.8 Å². The first kappa shape index (κ1) is 25.9. The van der Waals surface area contributed by atoms with E-state index in [4.69, 9.17) is 5.73 Å². The van der Waals surface area contributed by atoms with Gasteiger partial charge < -0.3 is 21.3 Å². The first-order chi connectivity index (χ1) is 17.5. The Kier molecular flexibility index (Phi) is 7.29. The summed E-state index contributed by atoms with van der Waals surface area (Å²) < 4.78 is 13.3. The summed E-state index contributed by atoms with van der Waals surface area (Å²) in [5.41, 5.74) is 8.95. The van der Waals surface area contributed by atoms with E-state index in [1.54, 1.807) is 59.5 Å². The Hall–Kier alpha value is -4.20. The third kappa shape index (κ3) is 5.97. The van der Waals surface area contributed by atoms with Gasteiger partial charge in [0.2, 0.25) is 11.8 Å². The number of rotatable bonds is 6. The van der Waals surface area contributed by atoms with Crippen LogP contribution in [0.25, 0.3) is 11.1 Å². The molecule has 1 atom stereocenters. The van der Waals surface area contributed by atoms with E-state index in [1.165, 1.54) is 12.1 Å². The van der Waals surface area contributed by atoms with Crippen LogP contribution in [0, 0.1) is 11.2 Å². The van der Waals surface area contributed by atoms with Crippen molar-refractivity contribution in [3.8, 4) is 11.1 Å². The van der Waals surface area contributed by atoms with Crippen LogP contribution in [0.5, 0.6) is 0 Å². The van der Waals surface area contributed by atoms with Gasteiger partial charge in [-0.05, 0) is 71.5 Å². The molecule has 3 aromatic carbocycles. The van der Waals surface area contributed by atoms with Crippen LogP contribution in [-0.2, 0) is 9.59 Å². The third-order valence-electron chi connectivity index (χ3n) is 6.38. The topological polar surface area (TPSA) is 105 Å². The van der Waals surface area contributed by atoms with Gasteiger partial charge in [0.05, 0.1) is 11.4 Å². The molecule has 1 heterocycles. The SMILES string of the molecule is CC(C)(C)C(C(=O)Nc1ccc(C(=O)Nc2cc(-c3ccc(F)cc3)ccc2N)cc1)N1CCCC1=O. The Morgan fingerprint density at radius 1 is 0.946 bits per heavy atom. The Balaban J connectivity index is 1.46. The number of halogens is 1. The first-order valence-corrected chi connectivity index (χ1v) is 12.2. The van der Waals surface area contributed by atoms with Gasteiger partial charge in [0.1, 0.15) is 11.9 Å². The molecule has 0 aliphatic carbocycles. The zero-order valence-corrected chi connectivity index (χ0v) is 21.2. The van der Waals surface area contributed by atoms with Crippen LogP contribution < -0.4 is 16.4 Å². The number of nitrogen functional groups attached to an aromatic ring is 1. The molecular weight excluding hydrogens is 471 g/mol. The van der Waals surface area contributed by atoms with Crippen LogP contribution in [0.15, 0.2) is 66.7 Å². The fourth-order valence-corrected chi connectivity index (χ4v) is 4.54. The van der Waals surface area contributed by atoms with Crippen LogP contribution >= 0.6 is 0 Å². The molecule has 0 aromatic heterocycles. The summed E-state index contributed by atoms with van der Waals surface area (Å²) in [4.78, 5) is 40.0. The number of carbonyl (C=O) groups excluding carboxylic acids is 3. The fraction of sp³-hybridized carbons (Fsp3) is 0.276.